The van der Waals surface area contributed by atoms with Crippen LogP contribution >= 0.6 is 12.2 Å². The Labute approximate surface area is 54.9 Å². The van der Waals surface area contributed by atoms with Crippen LogP contribution in [-0.4, -0.2) is 29.6 Å². The van der Waals surface area contributed by atoms with Gasteiger partial charge >= 0.3 is 0 Å². The lowest BCUT2D eigenvalue weighted by Gasteiger charge is -2.13. The first kappa shape index (κ1) is 5.82. The van der Waals surface area contributed by atoms with E-state index >= 15 is 0 Å². The van der Waals surface area contributed by atoms with Gasteiger partial charge in [-0.3, -0.25) is 0 Å². The van der Waals surface area contributed by atoms with Crippen LogP contribution in [-0.2, 0) is 0 Å². The summed E-state index contributed by atoms with van der Waals surface area (Å²) in [4.78, 5) is 2.06. The van der Waals surface area contributed by atoms with Crippen molar-refractivity contribution in [1.29, 1.82) is 0 Å². The Bertz CT molecular complexity index is 113. The fourth-order valence-electron chi connectivity index (χ4n) is 0.697. The molecule has 1 heterocycles. The molecule has 0 aromatic rings. The fraction of sp³-hybridized carbons (Fsp3) is 0.800. The molecule has 0 aromatic carbocycles. The van der Waals surface area contributed by atoms with Gasteiger partial charge in [-0.05, 0) is 19.1 Å². The number of likely N-dealkylation sites (N-methyl/N-ethyl adjacent to an activating group) is 1. The van der Waals surface area contributed by atoms with Crippen LogP contribution in [0.1, 0.15) is 6.92 Å². The van der Waals surface area contributed by atoms with Crippen molar-refractivity contribution in [2.45, 2.75) is 13.0 Å². The average Bonchev–Trinajstić information content (AvgIpc) is 1.98. The van der Waals surface area contributed by atoms with Crippen molar-refractivity contribution < 1.29 is 0 Å². The van der Waals surface area contributed by atoms with E-state index in [4.69, 9.17) is 12.2 Å². The molecule has 1 fully saturated rings. The Hall–Kier alpha value is -0.310. The van der Waals surface area contributed by atoms with Crippen LogP contribution in [0.15, 0.2) is 0 Å². The molecule has 3 heteroatoms. The van der Waals surface area contributed by atoms with Crippen molar-refractivity contribution >= 4 is 17.3 Å². The molecular weight excluding hydrogens is 120 g/mol. The minimum Gasteiger partial charge on any atom is -0.361 e. The molecule has 0 radical (unpaired) electrons. The van der Waals surface area contributed by atoms with Gasteiger partial charge in [0.25, 0.3) is 0 Å². The highest BCUT2D eigenvalue weighted by Gasteiger charge is 2.18. The Kier molecular flexibility index (Phi) is 1.38. The summed E-state index contributed by atoms with van der Waals surface area (Å²) in [5, 5.41) is 3.95. The molecule has 1 unspecified atom stereocenters. The molecule has 0 aromatic heterocycles. The summed E-state index contributed by atoms with van der Waals surface area (Å²) in [6, 6.07) is 0.572. The van der Waals surface area contributed by atoms with Crippen LogP contribution in [0.25, 0.3) is 0 Å². The van der Waals surface area contributed by atoms with Crippen LogP contribution in [0.5, 0.6) is 0 Å². The van der Waals surface area contributed by atoms with Gasteiger partial charge < -0.3 is 10.2 Å². The highest BCUT2D eigenvalue weighted by molar-refractivity contribution is 7.80. The van der Waals surface area contributed by atoms with Crippen LogP contribution < -0.4 is 5.32 Å². The van der Waals surface area contributed by atoms with E-state index in [-0.39, 0.29) is 0 Å². The maximum atomic E-state index is 4.93. The number of hydrogen-bond donors (Lipinski definition) is 1. The van der Waals surface area contributed by atoms with Crippen molar-refractivity contribution in [3.63, 3.8) is 0 Å². The maximum absolute atomic E-state index is 4.93. The summed E-state index contributed by atoms with van der Waals surface area (Å²) in [5.41, 5.74) is 0. The summed E-state index contributed by atoms with van der Waals surface area (Å²) in [6.45, 7) is 3.14. The highest BCUT2D eigenvalue weighted by atomic mass is 32.1. The van der Waals surface area contributed by atoms with Crippen molar-refractivity contribution in [3.8, 4) is 0 Å². The number of hydrogen-bond acceptors (Lipinski definition) is 1. The molecule has 0 bridgehead atoms. The van der Waals surface area contributed by atoms with Crippen molar-refractivity contribution in [2.75, 3.05) is 13.6 Å². The fourth-order valence-corrected chi connectivity index (χ4v) is 0.960. The van der Waals surface area contributed by atoms with Gasteiger partial charge in [-0.15, -0.1) is 0 Å². The molecule has 1 aliphatic rings. The van der Waals surface area contributed by atoms with Gasteiger partial charge in [0.1, 0.15) is 0 Å². The Balaban J connectivity index is 2.56. The van der Waals surface area contributed by atoms with Gasteiger partial charge in [0.2, 0.25) is 0 Å². The first-order valence-electron chi connectivity index (χ1n) is 2.72. The molecule has 2 nitrogen and oxygen atoms in total. The Morgan fingerprint density at radius 1 is 1.88 bits per heavy atom. The number of rotatable bonds is 0. The summed E-state index contributed by atoms with van der Waals surface area (Å²) in [7, 11) is 2.01. The lowest BCUT2D eigenvalue weighted by atomic mass is 10.3. The molecule has 1 rings (SSSR count). The predicted octanol–water partition coefficient (Wildman–Crippen LogP) is 0.195. The van der Waals surface area contributed by atoms with Crippen LogP contribution in [0.3, 0.4) is 0 Å². The number of nitrogens with one attached hydrogen (secondary N) is 1. The third kappa shape index (κ3) is 0.777. The summed E-state index contributed by atoms with van der Waals surface area (Å²) >= 11 is 4.93. The molecule has 0 aliphatic carbocycles. The van der Waals surface area contributed by atoms with Crippen molar-refractivity contribution in [2.24, 2.45) is 0 Å². The molecule has 1 atom stereocenters. The maximum Gasteiger partial charge on any atom is 0.169 e. The van der Waals surface area contributed by atoms with E-state index < -0.39 is 0 Å². The molecule has 0 saturated carbocycles. The molecule has 46 valence electrons. The zero-order valence-electron chi connectivity index (χ0n) is 5.14. The second-order valence-electron chi connectivity index (χ2n) is 2.15. The van der Waals surface area contributed by atoms with E-state index in [1.807, 2.05) is 7.05 Å². The monoisotopic (exact) mass is 130 g/mol. The van der Waals surface area contributed by atoms with Gasteiger partial charge in [0.05, 0.1) is 0 Å². The zero-order chi connectivity index (χ0) is 6.15. The van der Waals surface area contributed by atoms with Gasteiger partial charge in [0, 0.05) is 19.6 Å². The molecule has 1 N–H and O–H groups in total. The lowest BCUT2D eigenvalue weighted by molar-refractivity contribution is 0.444. The summed E-state index contributed by atoms with van der Waals surface area (Å²) in [5.74, 6) is 0. The van der Waals surface area contributed by atoms with Crippen LogP contribution in [0, 0.1) is 0 Å². The predicted molar refractivity (Wildman–Crippen MR) is 37.8 cm³/mol. The molecular formula is C5H10N2S. The molecule has 8 heavy (non-hydrogen) atoms. The van der Waals surface area contributed by atoms with Gasteiger partial charge in [0.15, 0.2) is 5.11 Å². The second-order valence-corrected chi connectivity index (χ2v) is 2.53. The third-order valence-corrected chi connectivity index (χ3v) is 1.96. The van der Waals surface area contributed by atoms with Gasteiger partial charge in [-0.25, -0.2) is 0 Å². The van der Waals surface area contributed by atoms with Crippen molar-refractivity contribution in [1.82, 2.24) is 10.2 Å². The van der Waals surface area contributed by atoms with Gasteiger partial charge in [-0.1, -0.05) is 0 Å². The van der Waals surface area contributed by atoms with Crippen LogP contribution in [0.2, 0.25) is 0 Å². The highest BCUT2D eigenvalue weighted by Crippen LogP contribution is 2.00. The molecule has 0 amide bonds. The van der Waals surface area contributed by atoms with E-state index in [9.17, 15) is 0 Å². The van der Waals surface area contributed by atoms with Crippen LogP contribution in [0.4, 0.5) is 0 Å². The van der Waals surface area contributed by atoms with Gasteiger partial charge in [-0.2, -0.15) is 0 Å². The smallest absolute Gasteiger partial charge is 0.169 e. The average molecular weight is 130 g/mol. The van der Waals surface area contributed by atoms with E-state index in [1.54, 1.807) is 0 Å². The van der Waals surface area contributed by atoms with E-state index in [1.165, 1.54) is 0 Å². The zero-order valence-corrected chi connectivity index (χ0v) is 5.96. The third-order valence-electron chi connectivity index (χ3n) is 1.53. The first-order valence-corrected chi connectivity index (χ1v) is 3.13. The molecule has 1 saturated heterocycles. The quantitative estimate of drug-likeness (QED) is 0.471. The normalized spacial score (nSPS) is 28.5. The molecule has 0 spiro atoms. The SMILES string of the molecule is CC1CNC(=S)N1C. The topological polar surface area (TPSA) is 15.3 Å². The van der Waals surface area contributed by atoms with E-state index in [0.29, 0.717) is 6.04 Å². The summed E-state index contributed by atoms with van der Waals surface area (Å²) in [6.07, 6.45) is 0. The minimum absolute atomic E-state index is 0.572. The Morgan fingerprint density at radius 2 is 2.50 bits per heavy atom. The standard InChI is InChI=1S/C5H10N2S/c1-4-3-6-5(8)7(4)2/h4H,3H2,1-2H3,(H,6,8). The van der Waals surface area contributed by atoms with Crippen molar-refractivity contribution in [3.05, 3.63) is 0 Å². The first-order chi connectivity index (χ1) is 3.72. The largest absolute Gasteiger partial charge is 0.361 e. The lowest BCUT2D eigenvalue weighted by Crippen LogP contribution is -2.27. The Morgan fingerprint density at radius 3 is 2.62 bits per heavy atom. The second kappa shape index (κ2) is 1.90. The number of nitrogens with zero attached hydrogens (tertiary/aromatic N) is 1. The minimum atomic E-state index is 0.572. The summed E-state index contributed by atoms with van der Waals surface area (Å²) < 4.78 is 0. The van der Waals surface area contributed by atoms with E-state index in [2.05, 4.69) is 17.1 Å². The molecule has 1 aliphatic heterocycles. The number of thiocarbonyl (C=S) groups is 1. The van der Waals surface area contributed by atoms with E-state index in [0.717, 1.165) is 11.7 Å².